The van der Waals surface area contributed by atoms with Crippen LogP contribution in [0.3, 0.4) is 0 Å². The number of para-hydroxylation sites is 1. The Bertz CT molecular complexity index is 1470. The minimum absolute atomic E-state index is 0.0804. The van der Waals surface area contributed by atoms with E-state index in [0.29, 0.717) is 16.8 Å². The number of carbonyl (C=O) groups excluding carboxylic acids is 3. The van der Waals surface area contributed by atoms with E-state index in [2.05, 4.69) is 20.9 Å². The fourth-order valence-electron chi connectivity index (χ4n) is 3.59. The van der Waals surface area contributed by atoms with E-state index in [0.717, 1.165) is 16.1 Å². The SMILES string of the molecule is Cc1ccccc1NC(=O)C(C)Sc1ccc(NC(=O)/C(=C/c2cccnc2)NC(=O)c2ccccc2)cc1. The van der Waals surface area contributed by atoms with Crippen LogP contribution >= 0.6 is 11.8 Å². The Morgan fingerprint density at radius 3 is 2.26 bits per heavy atom. The predicted molar refractivity (Wildman–Crippen MR) is 156 cm³/mol. The molecule has 3 aromatic carbocycles. The Morgan fingerprint density at radius 2 is 1.56 bits per heavy atom. The van der Waals surface area contributed by atoms with Crippen molar-refractivity contribution in [2.45, 2.75) is 24.0 Å². The van der Waals surface area contributed by atoms with E-state index < -0.39 is 11.8 Å². The molecule has 8 heteroatoms. The molecule has 1 unspecified atom stereocenters. The van der Waals surface area contributed by atoms with Gasteiger partial charge in [-0.05, 0) is 79.6 Å². The summed E-state index contributed by atoms with van der Waals surface area (Å²) in [5.74, 6) is -0.967. The quantitative estimate of drug-likeness (QED) is 0.182. The van der Waals surface area contributed by atoms with Crippen LogP contribution in [0.5, 0.6) is 0 Å². The highest BCUT2D eigenvalue weighted by Crippen LogP contribution is 2.26. The second-order valence-corrected chi connectivity index (χ2v) is 10.1. The summed E-state index contributed by atoms with van der Waals surface area (Å²) in [6, 6.07) is 27.0. The van der Waals surface area contributed by atoms with Crippen molar-refractivity contribution in [2.75, 3.05) is 10.6 Å². The number of rotatable bonds is 9. The lowest BCUT2D eigenvalue weighted by Crippen LogP contribution is -2.30. The van der Waals surface area contributed by atoms with Crippen LogP contribution in [0.15, 0.2) is 114 Å². The van der Waals surface area contributed by atoms with Crippen LogP contribution in [0.25, 0.3) is 6.08 Å². The van der Waals surface area contributed by atoms with Gasteiger partial charge in [-0.2, -0.15) is 0 Å². The Hall–Kier alpha value is -4.69. The summed E-state index contributed by atoms with van der Waals surface area (Å²) < 4.78 is 0. The molecule has 1 atom stereocenters. The third-order valence-electron chi connectivity index (χ3n) is 5.72. The molecule has 0 fully saturated rings. The molecular formula is C31H28N4O3S. The molecule has 0 saturated heterocycles. The smallest absolute Gasteiger partial charge is 0.272 e. The monoisotopic (exact) mass is 536 g/mol. The van der Waals surface area contributed by atoms with E-state index in [1.807, 2.05) is 56.3 Å². The van der Waals surface area contributed by atoms with Crippen LogP contribution in [-0.4, -0.2) is 28.0 Å². The number of aryl methyl sites for hydroxylation is 1. The fourth-order valence-corrected chi connectivity index (χ4v) is 4.46. The molecule has 0 saturated carbocycles. The lowest BCUT2D eigenvalue weighted by atomic mass is 10.2. The highest BCUT2D eigenvalue weighted by atomic mass is 32.2. The Kier molecular flexibility index (Phi) is 9.26. The molecule has 0 bridgehead atoms. The van der Waals surface area contributed by atoms with Gasteiger partial charge in [0.1, 0.15) is 5.70 Å². The first-order valence-electron chi connectivity index (χ1n) is 12.3. The maximum absolute atomic E-state index is 13.2. The van der Waals surface area contributed by atoms with Crippen LogP contribution in [0.2, 0.25) is 0 Å². The third-order valence-corrected chi connectivity index (χ3v) is 6.83. The number of anilines is 2. The molecule has 196 valence electrons. The highest BCUT2D eigenvalue weighted by Gasteiger charge is 2.17. The molecule has 39 heavy (non-hydrogen) atoms. The highest BCUT2D eigenvalue weighted by molar-refractivity contribution is 8.00. The standard InChI is InChI=1S/C31H28N4O3S/c1-21-9-6-7-13-27(21)34-29(36)22(2)39-26-16-14-25(15-17-26)33-31(38)28(19-23-10-8-18-32-20-23)35-30(37)24-11-4-3-5-12-24/h3-20,22H,1-2H3,(H,33,38)(H,34,36)(H,35,37)/b28-19-. The molecule has 3 amide bonds. The van der Waals surface area contributed by atoms with Crippen molar-refractivity contribution in [1.29, 1.82) is 0 Å². The van der Waals surface area contributed by atoms with Crippen LogP contribution in [0.1, 0.15) is 28.4 Å². The van der Waals surface area contributed by atoms with Gasteiger partial charge >= 0.3 is 0 Å². The molecule has 1 aromatic heterocycles. The first-order chi connectivity index (χ1) is 18.9. The van der Waals surface area contributed by atoms with Gasteiger partial charge in [-0.25, -0.2) is 0 Å². The summed E-state index contributed by atoms with van der Waals surface area (Å²) >= 11 is 1.42. The minimum atomic E-state index is -0.477. The number of nitrogens with one attached hydrogen (secondary N) is 3. The van der Waals surface area contributed by atoms with Gasteiger partial charge in [0, 0.05) is 34.2 Å². The molecule has 0 radical (unpaired) electrons. The number of pyridine rings is 1. The van der Waals surface area contributed by atoms with Gasteiger partial charge in [0.15, 0.2) is 0 Å². The van der Waals surface area contributed by atoms with Crippen LogP contribution in [0.4, 0.5) is 11.4 Å². The zero-order valence-corrected chi connectivity index (χ0v) is 22.4. The number of hydrogen-bond donors (Lipinski definition) is 3. The Labute approximate surface area is 231 Å². The minimum Gasteiger partial charge on any atom is -0.325 e. The van der Waals surface area contributed by atoms with Crippen LogP contribution < -0.4 is 16.0 Å². The third kappa shape index (κ3) is 7.90. The number of carbonyl (C=O) groups is 3. The van der Waals surface area contributed by atoms with Crippen molar-refractivity contribution >= 4 is 46.9 Å². The topological polar surface area (TPSA) is 100 Å². The van der Waals surface area contributed by atoms with Gasteiger partial charge < -0.3 is 16.0 Å². The van der Waals surface area contributed by atoms with Crippen molar-refractivity contribution in [2.24, 2.45) is 0 Å². The number of benzene rings is 3. The summed E-state index contributed by atoms with van der Waals surface area (Å²) in [7, 11) is 0. The molecular weight excluding hydrogens is 508 g/mol. The van der Waals surface area contributed by atoms with Crippen LogP contribution in [0, 0.1) is 6.92 Å². The molecule has 3 N–H and O–H groups in total. The molecule has 7 nitrogen and oxygen atoms in total. The second-order valence-electron chi connectivity index (χ2n) is 8.71. The van der Waals surface area contributed by atoms with Gasteiger partial charge in [-0.1, -0.05) is 42.5 Å². The average Bonchev–Trinajstić information content (AvgIpc) is 2.96. The van der Waals surface area contributed by atoms with E-state index in [9.17, 15) is 14.4 Å². The van der Waals surface area contributed by atoms with Crippen molar-refractivity contribution in [3.05, 3.63) is 126 Å². The first kappa shape index (κ1) is 27.3. The fraction of sp³-hybridized carbons (Fsp3) is 0.0968. The number of nitrogens with zero attached hydrogens (tertiary/aromatic N) is 1. The van der Waals surface area contributed by atoms with E-state index in [1.165, 1.54) is 11.8 Å². The number of hydrogen-bond acceptors (Lipinski definition) is 5. The molecule has 4 rings (SSSR count). The first-order valence-corrected chi connectivity index (χ1v) is 13.2. The number of thioether (sulfide) groups is 1. The Morgan fingerprint density at radius 1 is 0.846 bits per heavy atom. The summed E-state index contributed by atoms with van der Waals surface area (Å²) in [6.45, 7) is 3.80. The second kappa shape index (κ2) is 13.2. The lowest BCUT2D eigenvalue weighted by molar-refractivity contribution is -0.115. The van der Waals surface area contributed by atoms with Gasteiger partial charge in [0.2, 0.25) is 5.91 Å². The lowest BCUT2D eigenvalue weighted by Gasteiger charge is -2.14. The zero-order chi connectivity index (χ0) is 27.6. The molecule has 0 aliphatic heterocycles. The predicted octanol–water partition coefficient (Wildman–Crippen LogP) is 5.92. The number of aromatic nitrogens is 1. The zero-order valence-electron chi connectivity index (χ0n) is 21.5. The van der Waals surface area contributed by atoms with E-state index in [1.54, 1.807) is 67.0 Å². The van der Waals surface area contributed by atoms with Crippen molar-refractivity contribution in [3.63, 3.8) is 0 Å². The summed E-state index contributed by atoms with van der Waals surface area (Å²) in [6.07, 6.45) is 4.80. The van der Waals surface area contributed by atoms with Gasteiger partial charge in [0.25, 0.3) is 11.8 Å². The average molecular weight is 537 g/mol. The normalized spacial score (nSPS) is 11.8. The van der Waals surface area contributed by atoms with Crippen molar-refractivity contribution in [1.82, 2.24) is 10.3 Å². The van der Waals surface area contributed by atoms with E-state index >= 15 is 0 Å². The molecule has 1 heterocycles. The maximum Gasteiger partial charge on any atom is 0.272 e. The van der Waals surface area contributed by atoms with E-state index in [-0.39, 0.29) is 16.9 Å². The molecule has 4 aromatic rings. The van der Waals surface area contributed by atoms with E-state index in [4.69, 9.17) is 0 Å². The van der Waals surface area contributed by atoms with Crippen molar-refractivity contribution < 1.29 is 14.4 Å². The summed E-state index contributed by atoms with van der Waals surface area (Å²) in [5.41, 5.74) is 3.52. The molecule has 0 spiro atoms. The Balaban J connectivity index is 1.42. The molecule has 0 aliphatic rings. The summed E-state index contributed by atoms with van der Waals surface area (Å²) in [5, 5.41) is 8.18. The van der Waals surface area contributed by atoms with Crippen LogP contribution in [-0.2, 0) is 9.59 Å². The van der Waals surface area contributed by atoms with Gasteiger partial charge in [0.05, 0.1) is 5.25 Å². The maximum atomic E-state index is 13.2. The van der Waals surface area contributed by atoms with Crippen molar-refractivity contribution in [3.8, 4) is 0 Å². The van der Waals surface area contributed by atoms with Gasteiger partial charge in [-0.3, -0.25) is 19.4 Å². The van der Waals surface area contributed by atoms with Gasteiger partial charge in [-0.15, -0.1) is 11.8 Å². The summed E-state index contributed by atoms with van der Waals surface area (Å²) in [4.78, 5) is 43.5. The molecule has 0 aliphatic carbocycles. The number of amides is 3. The largest absolute Gasteiger partial charge is 0.325 e.